The summed E-state index contributed by atoms with van der Waals surface area (Å²) in [7, 11) is 0. The SMILES string of the molecule is O=C(NC1CCCC1)[C@@H](Cc1ccccc1)N(Cc1ccc(F)cc1)C(=O)COc1ccc(Br)cc1. The second kappa shape index (κ2) is 12.7. The third kappa shape index (κ3) is 7.40. The number of amides is 2. The van der Waals surface area contributed by atoms with E-state index in [-0.39, 0.29) is 36.8 Å². The first-order valence-corrected chi connectivity index (χ1v) is 13.0. The molecular formula is C29H30BrFN2O3. The van der Waals surface area contributed by atoms with Crippen molar-refractivity contribution in [3.8, 4) is 5.75 Å². The lowest BCUT2D eigenvalue weighted by molar-refractivity contribution is -0.143. The normalized spacial score (nSPS) is 14.3. The number of carbonyl (C=O) groups excluding carboxylic acids is 2. The summed E-state index contributed by atoms with van der Waals surface area (Å²) in [6, 6.07) is 22.3. The average Bonchev–Trinajstić information content (AvgIpc) is 3.40. The Morgan fingerprint density at radius 1 is 0.944 bits per heavy atom. The smallest absolute Gasteiger partial charge is 0.261 e. The van der Waals surface area contributed by atoms with Gasteiger partial charge in [-0.15, -0.1) is 0 Å². The van der Waals surface area contributed by atoms with Gasteiger partial charge in [-0.2, -0.15) is 0 Å². The fourth-order valence-corrected chi connectivity index (χ4v) is 4.73. The van der Waals surface area contributed by atoms with Gasteiger partial charge in [-0.1, -0.05) is 71.2 Å². The van der Waals surface area contributed by atoms with Crippen LogP contribution in [0.25, 0.3) is 0 Å². The van der Waals surface area contributed by atoms with Gasteiger partial charge in [0.25, 0.3) is 5.91 Å². The van der Waals surface area contributed by atoms with E-state index in [1.165, 1.54) is 12.1 Å². The Balaban J connectivity index is 1.59. The summed E-state index contributed by atoms with van der Waals surface area (Å²) in [5.74, 6) is -0.284. The van der Waals surface area contributed by atoms with Gasteiger partial charge in [0.05, 0.1) is 0 Å². The number of nitrogens with one attached hydrogen (secondary N) is 1. The standard InChI is InChI=1S/C29H30BrFN2O3/c30-23-12-16-26(17-13-23)36-20-28(34)33(19-22-10-14-24(31)15-11-22)27(18-21-6-2-1-3-7-21)29(35)32-25-8-4-5-9-25/h1-3,6-7,10-17,25,27H,4-5,8-9,18-20H2,(H,32,35)/t27-/m1/s1. The number of ether oxygens (including phenoxy) is 1. The molecule has 2 amide bonds. The van der Waals surface area contributed by atoms with E-state index in [1.807, 2.05) is 42.5 Å². The molecule has 1 saturated carbocycles. The van der Waals surface area contributed by atoms with Crippen LogP contribution in [0.3, 0.4) is 0 Å². The van der Waals surface area contributed by atoms with Crippen LogP contribution in [0.15, 0.2) is 83.3 Å². The summed E-state index contributed by atoms with van der Waals surface area (Å²) < 4.78 is 20.2. The molecule has 0 heterocycles. The Morgan fingerprint density at radius 2 is 1.61 bits per heavy atom. The first-order chi connectivity index (χ1) is 17.5. The van der Waals surface area contributed by atoms with Crippen molar-refractivity contribution in [1.29, 1.82) is 0 Å². The molecule has 1 N–H and O–H groups in total. The van der Waals surface area contributed by atoms with Crippen molar-refractivity contribution in [2.24, 2.45) is 0 Å². The number of halogens is 2. The molecule has 0 aromatic heterocycles. The zero-order valence-electron chi connectivity index (χ0n) is 20.0. The summed E-state index contributed by atoms with van der Waals surface area (Å²) in [5, 5.41) is 3.17. The molecule has 1 atom stereocenters. The Labute approximate surface area is 219 Å². The first kappa shape index (κ1) is 25.9. The molecule has 1 aliphatic rings. The van der Waals surface area contributed by atoms with E-state index in [2.05, 4.69) is 21.2 Å². The molecule has 3 aromatic rings. The fraction of sp³-hybridized carbons (Fsp3) is 0.310. The molecule has 36 heavy (non-hydrogen) atoms. The van der Waals surface area contributed by atoms with Crippen molar-refractivity contribution >= 4 is 27.7 Å². The van der Waals surface area contributed by atoms with Crippen molar-refractivity contribution in [3.05, 3.63) is 100 Å². The highest BCUT2D eigenvalue weighted by atomic mass is 79.9. The van der Waals surface area contributed by atoms with E-state index in [1.54, 1.807) is 29.2 Å². The Bertz CT molecular complexity index is 1130. The van der Waals surface area contributed by atoms with Crippen molar-refractivity contribution in [1.82, 2.24) is 10.2 Å². The van der Waals surface area contributed by atoms with Crippen LogP contribution in [0.4, 0.5) is 4.39 Å². The van der Waals surface area contributed by atoms with Crippen LogP contribution in [-0.4, -0.2) is 35.4 Å². The average molecular weight is 553 g/mol. The van der Waals surface area contributed by atoms with Crippen LogP contribution in [0.2, 0.25) is 0 Å². The highest BCUT2D eigenvalue weighted by molar-refractivity contribution is 9.10. The molecule has 5 nitrogen and oxygen atoms in total. The van der Waals surface area contributed by atoms with E-state index in [4.69, 9.17) is 4.74 Å². The Hall–Kier alpha value is -3.19. The summed E-state index contributed by atoms with van der Waals surface area (Å²) in [6.07, 6.45) is 4.44. The molecule has 1 aliphatic carbocycles. The summed E-state index contributed by atoms with van der Waals surface area (Å²) in [4.78, 5) is 28.7. The zero-order valence-corrected chi connectivity index (χ0v) is 21.6. The molecule has 0 unspecified atom stereocenters. The van der Waals surface area contributed by atoms with Crippen LogP contribution < -0.4 is 10.1 Å². The minimum absolute atomic E-state index is 0.123. The van der Waals surface area contributed by atoms with Crippen molar-refractivity contribution in [3.63, 3.8) is 0 Å². The molecule has 0 saturated heterocycles. The first-order valence-electron chi connectivity index (χ1n) is 12.2. The number of carbonyl (C=O) groups is 2. The molecule has 0 bridgehead atoms. The van der Waals surface area contributed by atoms with Gasteiger partial charge in [0.1, 0.15) is 17.6 Å². The summed E-state index contributed by atoms with van der Waals surface area (Å²) >= 11 is 3.39. The van der Waals surface area contributed by atoms with E-state index in [0.29, 0.717) is 12.2 Å². The number of nitrogens with zero attached hydrogens (tertiary/aromatic N) is 1. The van der Waals surface area contributed by atoms with Gasteiger partial charge < -0.3 is 15.0 Å². The number of rotatable bonds is 10. The lowest BCUT2D eigenvalue weighted by atomic mass is 10.0. The highest BCUT2D eigenvalue weighted by Gasteiger charge is 2.32. The zero-order chi connectivity index (χ0) is 25.3. The minimum Gasteiger partial charge on any atom is -0.484 e. The Kier molecular flexibility index (Phi) is 9.11. The molecule has 0 spiro atoms. The van der Waals surface area contributed by atoms with Gasteiger partial charge in [0, 0.05) is 23.5 Å². The predicted molar refractivity (Wildman–Crippen MR) is 141 cm³/mol. The van der Waals surface area contributed by atoms with Crippen molar-refractivity contribution in [2.75, 3.05) is 6.61 Å². The molecule has 188 valence electrons. The second-order valence-electron chi connectivity index (χ2n) is 9.09. The van der Waals surface area contributed by atoms with Crippen LogP contribution in [0, 0.1) is 5.82 Å². The topological polar surface area (TPSA) is 58.6 Å². The third-order valence-corrected chi connectivity index (χ3v) is 6.94. The van der Waals surface area contributed by atoms with E-state index in [9.17, 15) is 14.0 Å². The quantitative estimate of drug-likeness (QED) is 0.352. The van der Waals surface area contributed by atoms with Gasteiger partial charge in [-0.3, -0.25) is 9.59 Å². The van der Waals surface area contributed by atoms with Crippen LogP contribution >= 0.6 is 15.9 Å². The maximum Gasteiger partial charge on any atom is 0.261 e. The molecule has 1 fully saturated rings. The van der Waals surface area contributed by atoms with Crippen LogP contribution in [-0.2, 0) is 22.6 Å². The number of hydrogen-bond donors (Lipinski definition) is 1. The molecule has 7 heteroatoms. The number of hydrogen-bond acceptors (Lipinski definition) is 3. The van der Waals surface area contributed by atoms with E-state index < -0.39 is 6.04 Å². The highest BCUT2D eigenvalue weighted by Crippen LogP contribution is 2.21. The lowest BCUT2D eigenvalue weighted by Gasteiger charge is -2.32. The molecule has 3 aromatic carbocycles. The third-order valence-electron chi connectivity index (χ3n) is 6.41. The summed E-state index contributed by atoms with van der Waals surface area (Å²) in [5.41, 5.74) is 1.69. The maximum atomic E-state index is 13.6. The van der Waals surface area contributed by atoms with Gasteiger partial charge >= 0.3 is 0 Å². The summed E-state index contributed by atoms with van der Waals surface area (Å²) in [6.45, 7) is -0.0524. The minimum atomic E-state index is -0.737. The van der Waals surface area contributed by atoms with Gasteiger partial charge in [0.15, 0.2) is 6.61 Å². The van der Waals surface area contributed by atoms with Gasteiger partial charge in [-0.25, -0.2) is 4.39 Å². The second-order valence-corrected chi connectivity index (χ2v) is 10.0. The molecule has 0 radical (unpaired) electrons. The largest absolute Gasteiger partial charge is 0.484 e. The molecule has 0 aliphatic heterocycles. The maximum absolute atomic E-state index is 13.6. The van der Waals surface area contributed by atoms with E-state index in [0.717, 1.165) is 41.3 Å². The molecule has 4 rings (SSSR count). The predicted octanol–water partition coefficient (Wildman–Crippen LogP) is 5.67. The van der Waals surface area contributed by atoms with Crippen molar-refractivity contribution < 1.29 is 18.7 Å². The van der Waals surface area contributed by atoms with Crippen LogP contribution in [0.1, 0.15) is 36.8 Å². The fourth-order valence-electron chi connectivity index (χ4n) is 4.47. The van der Waals surface area contributed by atoms with Crippen molar-refractivity contribution in [2.45, 2.75) is 50.7 Å². The van der Waals surface area contributed by atoms with Gasteiger partial charge in [0.2, 0.25) is 5.91 Å². The number of benzene rings is 3. The van der Waals surface area contributed by atoms with E-state index >= 15 is 0 Å². The lowest BCUT2D eigenvalue weighted by Crippen LogP contribution is -2.53. The monoisotopic (exact) mass is 552 g/mol. The van der Waals surface area contributed by atoms with Crippen LogP contribution in [0.5, 0.6) is 5.75 Å². The van der Waals surface area contributed by atoms with Gasteiger partial charge in [-0.05, 0) is 60.4 Å². The Morgan fingerprint density at radius 3 is 2.28 bits per heavy atom. The molecular weight excluding hydrogens is 523 g/mol.